The highest BCUT2D eigenvalue weighted by atomic mass is 31.2. The fraction of sp³-hybridized carbons (Fsp3) is 0.833. The maximum absolute atomic E-state index is 12.1. The minimum atomic E-state index is -4.54. The number of quaternary nitrogens is 1. The lowest BCUT2D eigenvalue weighted by molar-refractivity contribution is -0.870. The molecule has 1 rings (SSSR count). The molecule has 8 nitrogen and oxygen atoms in total. The van der Waals surface area contributed by atoms with Crippen molar-refractivity contribution < 1.29 is 37.3 Å². The predicted octanol–water partition coefficient (Wildman–Crippen LogP) is 2.03. The number of esters is 1. The van der Waals surface area contributed by atoms with E-state index in [1.807, 2.05) is 21.1 Å². The zero-order valence-electron chi connectivity index (χ0n) is 17.0. The van der Waals surface area contributed by atoms with Crippen LogP contribution in [0.1, 0.15) is 39.0 Å². The Morgan fingerprint density at radius 2 is 1.85 bits per heavy atom. The van der Waals surface area contributed by atoms with Crippen LogP contribution in [0.15, 0.2) is 12.2 Å². The van der Waals surface area contributed by atoms with Crippen LogP contribution in [0.2, 0.25) is 0 Å². The van der Waals surface area contributed by atoms with Gasteiger partial charge in [-0.25, -0.2) is 4.79 Å². The fourth-order valence-electron chi connectivity index (χ4n) is 2.52. The maximum atomic E-state index is 12.1. The molecular formula is C18H34NO7P. The highest BCUT2D eigenvalue weighted by molar-refractivity contribution is 7.45. The van der Waals surface area contributed by atoms with Crippen molar-refractivity contribution in [3.05, 3.63) is 12.2 Å². The van der Waals surface area contributed by atoms with Crippen LogP contribution in [0.5, 0.6) is 0 Å². The molecule has 0 aromatic heterocycles. The van der Waals surface area contributed by atoms with E-state index in [4.69, 9.17) is 18.5 Å². The van der Waals surface area contributed by atoms with Crippen LogP contribution < -0.4 is 4.89 Å². The summed E-state index contributed by atoms with van der Waals surface area (Å²) in [6, 6.07) is 0. The van der Waals surface area contributed by atoms with Crippen LogP contribution in [0.4, 0.5) is 0 Å². The van der Waals surface area contributed by atoms with Crippen molar-refractivity contribution >= 4 is 13.8 Å². The number of rotatable bonds is 12. The van der Waals surface area contributed by atoms with Crippen molar-refractivity contribution in [1.29, 1.82) is 0 Å². The highest BCUT2D eigenvalue weighted by Gasteiger charge is 2.24. The molecule has 0 aromatic rings. The van der Waals surface area contributed by atoms with E-state index in [1.165, 1.54) is 13.3 Å². The molecule has 2 atom stereocenters. The lowest BCUT2D eigenvalue weighted by Crippen LogP contribution is -2.38. The van der Waals surface area contributed by atoms with E-state index < -0.39 is 19.9 Å². The molecule has 0 N–H and O–H groups in total. The van der Waals surface area contributed by atoms with Gasteiger partial charge in [-0.15, -0.1) is 0 Å². The summed E-state index contributed by atoms with van der Waals surface area (Å²) in [6.07, 6.45) is 4.37. The third-order valence-corrected chi connectivity index (χ3v) is 5.16. The third-order valence-electron chi connectivity index (χ3n) is 4.11. The molecule has 1 saturated carbocycles. The van der Waals surface area contributed by atoms with Crippen molar-refractivity contribution in [3.63, 3.8) is 0 Å². The quantitative estimate of drug-likeness (QED) is 0.211. The Labute approximate surface area is 162 Å². The summed E-state index contributed by atoms with van der Waals surface area (Å²) in [5, 5.41) is 0. The van der Waals surface area contributed by atoms with E-state index >= 15 is 0 Å². The van der Waals surface area contributed by atoms with Crippen LogP contribution in [0.3, 0.4) is 0 Å². The molecule has 1 fully saturated rings. The molecule has 2 unspecified atom stereocenters. The molecule has 0 amide bonds. The number of hydrogen-bond donors (Lipinski definition) is 0. The Kier molecular flexibility index (Phi) is 10.2. The second-order valence-corrected chi connectivity index (χ2v) is 9.36. The maximum Gasteiger partial charge on any atom is 0.333 e. The molecule has 158 valence electrons. The standard InChI is InChI=1S/C18H34NO7P/c1-15(2)18(20)24-14-17(13-23-16-9-7-6-8-10-16)26-27(21,22)25-12-11-19(3,4)5/h16-17H,1,6-14H2,2-5H3. The van der Waals surface area contributed by atoms with Crippen molar-refractivity contribution in [1.82, 2.24) is 0 Å². The van der Waals surface area contributed by atoms with Crippen LogP contribution in [0, 0.1) is 0 Å². The molecule has 0 heterocycles. The zero-order valence-corrected chi connectivity index (χ0v) is 17.9. The smallest absolute Gasteiger partial charge is 0.333 e. The minimum absolute atomic E-state index is 0.00599. The molecule has 0 aliphatic heterocycles. The van der Waals surface area contributed by atoms with Gasteiger partial charge in [0, 0.05) is 5.57 Å². The molecule has 9 heteroatoms. The van der Waals surface area contributed by atoms with Gasteiger partial charge in [0.25, 0.3) is 7.82 Å². The van der Waals surface area contributed by atoms with E-state index in [-0.39, 0.29) is 31.5 Å². The Hall–Kier alpha value is -0.760. The number of phosphoric ester groups is 1. The van der Waals surface area contributed by atoms with Crippen molar-refractivity contribution in [3.8, 4) is 0 Å². The summed E-state index contributed by atoms with van der Waals surface area (Å²) in [6.45, 7) is 5.29. The van der Waals surface area contributed by atoms with Gasteiger partial charge in [0.05, 0.1) is 33.9 Å². The van der Waals surface area contributed by atoms with Crippen molar-refractivity contribution in [2.45, 2.75) is 51.2 Å². The molecule has 0 saturated heterocycles. The molecule has 0 spiro atoms. The van der Waals surface area contributed by atoms with Crippen molar-refractivity contribution in [2.75, 3.05) is 47.5 Å². The lowest BCUT2D eigenvalue weighted by atomic mass is 9.98. The van der Waals surface area contributed by atoms with Crippen LogP contribution in [0.25, 0.3) is 0 Å². The van der Waals surface area contributed by atoms with Crippen LogP contribution in [-0.4, -0.2) is 70.2 Å². The number of phosphoric acid groups is 1. The number of ether oxygens (including phenoxy) is 2. The molecule has 1 aliphatic carbocycles. The summed E-state index contributed by atoms with van der Waals surface area (Å²) >= 11 is 0. The first-order chi connectivity index (χ1) is 12.5. The van der Waals surface area contributed by atoms with Crippen LogP contribution >= 0.6 is 7.82 Å². The van der Waals surface area contributed by atoms with Gasteiger partial charge >= 0.3 is 5.97 Å². The van der Waals surface area contributed by atoms with E-state index in [1.54, 1.807) is 0 Å². The van der Waals surface area contributed by atoms with E-state index in [0.717, 1.165) is 25.7 Å². The number of hydrogen-bond acceptors (Lipinski definition) is 7. The number of likely N-dealkylation sites (N-methyl/N-ethyl adjacent to an activating group) is 1. The highest BCUT2D eigenvalue weighted by Crippen LogP contribution is 2.40. The predicted molar refractivity (Wildman–Crippen MR) is 99.9 cm³/mol. The van der Waals surface area contributed by atoms with Gasteiger partial charge in [0.15, 0.2) is 0 Å². The Morgan fingerprint density at radius 1 is 1.22 bits per heavy atom. The number of nitrogens with zero attached hydrogens (tertiary/aromatic N) is 1. The lowest BCUT2D eigenvalue weighted by Gasteiger charge is -2.31. The fourth-order valence-corrected chi connectivity index (χ4v) is 3.37. The normalized spacial score (nSPS) is 19.3. The topological polar surface area (TPSA) is 94.1 Å². The second-order valence-electron chi connectivity index (χ2n) is 7.99. The summed E-state index contributed by atoms with van der Waals surface area (Å²) in [7, 11) is 1.24. The van der Waals surface area contributed by atoms with Gasteiger partial charge in [-0.1, -0.05) is 25.8 Å². The first kappa shape index (κ1) is 24.3. The molecular weight excluding hydrogens is 373 g/mol. The first-order valence-electron chi connectivity index (χ1n) is 9.37. The number of carbonyl (C=O) groups is 1. The molecule has 0 bridgehead atoms. The van der Waals surface area contributed by atoms with Gasteiger partial charge in [-0.3, -0.25) is 4.57 Å². The van der Waals surface area contributed by atoms with E-state index in [0.29, 0.717) is 11.0 Å². The average molecular weight is 407 g/mol. The van der Waals surface area contributed by atoms with Gasteiger partial charge in [-0.05, 0) is 19.8 Å². The molecule has 0 aromatic carbocycles. The van der Waals surface area contributed by atoms with E-state index in [2.05, 4.69) is 6.58 Å². The Morgan fingerprint density at radius 3 is 2.41 bits per heavy atom. The summed E-state index contributed by atoms with van der Waals surface area (Å²) in [5.41, 5.74) is 0.228. The average Bonchev–Trinajstić information content (AvgIpc) is 2.56. The summed E-state index contributed by atoms with van der Waals surface area (Å²) < 4.78 is 33.6. The summed E-state index contributed by atoms with van der Waals surface area (Å²) in [5.74, 6) is -0.604. The largest absolute Gasteiger partial charge is 0.756 e. The van der Waals surface area contributed by atoms with Crippen LogP contribution in [-0.2, 0) is 27.9 Å². The summed E-state index contributed by atoms with van der Waals surface area (Å²) in [4.78, 5) is 23.7. The minimum Gasteiger partial charge on any atom is -0.756 e. The van der Waals surface area contributed by atoms with Gasteiger partial charge in [0.2, 0.25) is 0 Å². The SMILES string of the molecule is C=C(C)C(=O)OCC(COC1CCCCC1)OP(=O)([O-])OCC[N+](C)(C)C. The van der Waals surface area contributed by atoms with E-state index in [9.17, 15) is 14.3 Å². The van der Waals surface area contributed by atoms with Crippen molar-refractivity contribution in [2.24, 2.45) is 0 Å². The molecule has 27 heavy (non-hydrogen) atoms. The molecule has 0 radical (unpaired) electrons. The van der Waals surface area contributed by atoms with Gasteiger partial charge < -0.3 is 27.9 Å². The Balaban J connectivity index is 2.57. The third kappa shape index (κ3) is 11.6. The zero-order chi connectivity index (χ0) is 20.5. The second kappa shape index (κ2) is 11.3. The monoisotopic (exact) mass is 407 g/mol. The number of carbonyl (C=O) groups excluding carboxylic acids is 1. The Bertz CT molecular complexity index is 526. The van der Waals surface area contributed by atoms with Gasteiger partial charge in [0.1, 0.15) is 25.9 Å². The van der Waals surface area contributed by atoms with Gasteiger partial charge in [-0.2, -0.15) is 0 Å². The first-order valence-corrected chi connectivity index (χ1v) is 10.8. The molecule has 1 aliphatic rings.